The molecule has 1 aromatic carbocycles. The van der Waals surface area contributed by atoms with Gasteiger partial charge < -0.3 is 17.3 Å². The van der Waals surface area contributed by atoms with Gasteiger partial charge in [-0.1, -0.05) is 35.3 Å². The molecule has 3 rings (SSSR count). The maximum atomic E-state index is 12.1. The van der Waals surface area contributed by atoms with Crippen LogP contribution in [0, 0.1) is 0 Å². The molecule has 1 amide bonds. The van der Waals surface area contributed by atoms with Crippen LogP contribution >= 0.6 is 23.2 Å². The van der Waals surface area contributed by atoms with Crippen molar-refractivity contribution in [2.24, 2.45) is 0 Å². The SMILES string of the molecule is CN1C(=O)C[NH+]=C(c2ccccc2Cl)c2nc(Cl)ccc21.[Cl-]. The third-order valence-corrected chi connectivity index (χ3v) is 3.91. The molecule has 7 heteroatoms. The molecule has 1 N–H and O–H groups in total. The number of halogens is 3. The molecule has 1 aliphatic rings. The molecule has 0 unspecified atom stereocenters. The Kier molecular flexibility index (Phi) is 5.06. The molecule has 1 aromatic heterocycles. The highest BCUT2D eigenvalue weighted by molar-refractivity contribution is 6.35. The maximum Gasteiger partial charge on any atom is 0.292 e. The lowest BCUT2D eigenvalue weighted by Crippen LogP contribution is -3.00. The van der Waals surface area contributed by atoms with E-state index in [4.69, 9.17) is 23.2 Å². The number of anilines is 1. The third-order valence-electron chi connectivity index (χ3n) is 3.37. The van der Waals surface area contributed by atoms with Gasteiger partial charge in [0.25, 0.3) is 5.91 Å². The number of nitrogens with one attached hydrogen (secondary N) is 1. The van der Waals surface area contributed by atoms with E-state index in [9.17, 15) is 4.79 Å². The van der Waals surface area contributed by atoms with Crippen LogP contribution < -0.4 is 22.3 Å². The molecule has 0 aliphatic carbocycles. The van der Waals surface area contributed by atoms with E-state index < -0.39 is 0 Å². The van der Waals surface area contributed by atoms with Gasteiger partial charge in [0, 0.05) is 7.05 Å². The predicted octanol–water partition coefficient (Wildman–Crippen LogP) is -1.71. The second-order valence-corrected chi connectivity index (χ2v) is 5.46. The molecule has 0 atom stereocenters. The number of likely N-dealkylation sites (N-methyl/N-ethyl adjacent to an activating group) is 1. The third kappa shape index (κ3) is 2.95. The fourth-order valence-electron chi connectivity index (χ4n) is 2.27. The normalized spacial score (nSPS) is 13.9. The highest BCUT2D eigenvalue weighted by Gasteiger charge is 2.29. The summed E-state index contributed by atoms with van der Waals surface area (Å²) in [6.45, 7) is 0.172. The summed E-state index contributed by atoms with van der Waals surface area (Å²) < 4.78 is 0. The molecular formula is C15H12Cl3N3O. The lowest BCUT2D eigenvalue weighted by Gasteiger charge is -2.15. The highest BCUT2D eigenvalue weighted by atomic mass is 35.5. The van der Waals surface area contributed by atoms with Gasteiger partial charge in [0.05, 0.1) is 16.3 Å². The van der Waals surface area contributed by atoms with Crippen molar-refractivity contribution in [3.05, 3.63) is 57.8 Å². The fourth-order valence-corrected chi connectivity index (χ4v) is 2.65. The number of nitrogens with zero attached hydrogens (tertiary/aromatic N) is 2. The number of pyridine rings is 1. The second-order valence-electron chi connectivity index (χ2n) is 4.66. The van der Waals surface area contributed by atoms with Crippen molar-refractivity contribution in [1.82, 2.24) is 4.98 Å². The summed E-state index contributed by atoms with van der Waals surface area (Å²) in [7, 11) is 1.72. The molecule has 2 aromatic rings. The van der Waals surface area contributed by atoms with Gasteiger partial charge in [-0.2, -0.15) is 0 Å². The van der Waals surface area contributed by atoms with Gasteiger partial charge in [0.15, 0.2) is 5.69 Å². The van der Waals surface area contributed by atoms with Gasteiger partial charge in [-0.15, -0.1) is 0 Å². The number of carbonyl (C=O) groups is 1. The van der Waals surface area contributed by atoms with Gasteiger partial charge >= 0.3 is 0 Å². The van der Waals surface area contributed by atoms with Crippen LogP contribution in [0.1, 0.15) is 11.3 Å². The van der Waals surface area contributed by atoms with Gasteiger partial charge in [-0.05, 0) is 24.3 Å². The zero-order valence-electron chi connectivity index (χ0n) is 11.6. The van der Waals surface area contributed by atoms with Crippen LogP contribution in [-0.2, 0) is 4.79 Å². The van der Waals surface area contributed by atoms with E-state index in [2.05, 4.69) is 9.98 Å². The Balaban J connectivity index is 0.00000176. The van der Waals surface area contributed by atoms with Crippen molar-refractivity contribution in [2.75, 3.05) is 18.5 Å². The molecule has 4 nitrogen and oxygen atoms in total. The summed E-state index contributed by atoms with van der Waals surface area (Å²) in [5.41, 5.74) is 2.81. The number of amides is 1. The van der Waals surface area contributed by atoms with E-state index in [1.54, 1.807) is 30.1 Å². The van der Waals surface area contributed by atoms with Crippen LogP contribution in [0.3, 0.4) is 0 Å². The number of fused-ring (bicyclic) bond motifs is 1. The molecule has 0 bridgehead atoms. The molecule has 0 saturated carbocycles. The van der Waals surface area contributed by atoms with E-state index in [0.717, 1.165) is 5.56 Å². The minimum absolute atomic E-state index is 0. The molecule has 114 valence electrons. The number of hydrogen-bond acceptors (Lipinski definition) is 2. The molecule has 0 saturated heterocycles. The zero-order chi connectivity index (χ0) is 15.0. The van der Waals surface area contributed by atoms with Gasteiger partial charge in [0.2, 0.25) is 12.3 Å². The molecule has 0 fully saturated rings. The molecule has 22 heavy (non-hydrogen) atoms. The van der Waals surface area contributed by atoms with Crippen LogP contribution in [0.25, 0.3) is 0 Å². The summed E-state index contributed by atoms with van der Waals surface area (Å²) in [5.74, 6) is -0.0533. The summed E-state index contributed by atoms with van der Waals surface area (Å²) in [5, 5.41) is 0.951. The highest BCUT2D eigenvalue weighted by Crippen LogP contribution is 2.25. The topological polar surface area (TPSA) is 47.2 Å². The Morgan fingerprint density at radius 1 is 1.18 bits per heavy atom. The lowest BCUT2D eigenvalue weighted by atomic mass is 10.1. The average Bonchev–Trinajstić information content (AvgIpc) is 2.59. The molecule has 0 radical (unpaired) electrons. The van der Waals surface area contributed by atoms with Crippen LogP contribution in [-0.4, -0.2) is 30.2 Å². The van der Waals surface area contributed by atoms with E-state index in [0.29, 0.717) is 27.3 Å². The number of rotatable bonds is 1. The van der Waals surface area contributed by atoms with Crippen molar-refractivity contribution < 1.29 is 22.2 Å². The Labute approximate surface area is 144 Å². The van der Waals surface area contributed by atoms with E-state index in [1.165, 1.54) is 0 Å². The largest absolute Gasteiger partial charge is 1.00 e. The van der Waals surface area contributed by atoms with Crippen LogP contribution in [0.5, 0.6) is 0 Å². The minimum atomic E-state index is -0.0533. The monoisotopic (exact) mass is 355 g/mol. The molecular weight excluding hydrogens is 345 g/mol. The fraction of sp³-hybridized carbons (Fsp3) is 0.133. The van der Waals surface area contributed by atoms with E-state index in [1.807, 2.05) is 18.2 Å². The summed E-state index contributed by atoms with van der Waals surface area (Å²) in [6.07, 6.45) is 0. The Morgan fingerprint density at radius 3 is 2.64 bits per heavy atom. The summed E-state index contributed by atoms with van der Waals surface area (Å²) in [4.78, 5) is 21.1. The smallest absolute Gasteiger partial charge is 0.292 e. The number of hydrogen-bond donors (Lipinski definition) is 1. The Bertz CT molecular complexity index is 761. The predicted molar refractivity (Wildman–Crippen MR) is 83.1 cm³/mol. The first-order valence-corrected chi connectivity index (χ1v) is 7.12. The van der Waals surface area contributed by atoms with Gasteiger partial charge in [-0.3, -0.25) is 4.79 Å². The average molecular weight is 357 g/mol. The quantitative estimate of drug-likeness (QED) is 0.619. The van der Waals surface area contributed by atoms with Crippen LogP contribution in [0.15, 0.2) is 36.4 Å². The Hall–Kier alpha value is -1.62. The maximum absolute atomic E-state index is 12.1. The van der Waals surface area contributed by atoms with Crippen molar-refractivity contribution in [2.45, 2.75) is 0 Å². The lowest BCUT2D eigenvalue weighted by molar-refractivity contribution is -0.442. The minimum Gasteiger partial charge on any atom is -1.00 e. The first-order chi connectivity index (χ1) is 10.1. The second kappa shape index (κ2) is 6.65. The van der Waals surface area contributed by atoms with E-state index >= 15 is 0 Å². The first-order valence-electron chi connectivity index (χ1n) is 6.37. The number of carbonyl (C=O) groups excluding carboxylic acids is 1. The summed E-state index contributed by atoms with van der Waals surface area (Å²) in [6, 6.07) is 10.9. The van der Waals surface area contributed by atoms with Gasteiger partial charge in [0.1, 0.15) is 5.15 Å². The Morgan fingerprint density at radius 2 is 1.91 bits per heavy atom. The standard InChI is InChI=1S/C15H11Cl2N3O.ClH/c1-20-11-6-7-12(17)19-15(11)14(18-8-13(20)21)9-4-2-3-5-10(9)16;/h2-7H,8H2,1H3;1H. The first kappa shape index (κ1) is 16.7. The van der Waals surface area contributed by atoms with E-state index in [-0.39, 0.29) is 24.9 Å². The van der Waals surface area contributed by atoms with Gasteiger partial charge in [-0.25, -0.2) is 9.98 Å². The summed E-state index contributed by atoms with van der Waals surface area (Å²) >= 11 is 12.3. The number of benzene rings is 1. The van der Waals surface area contributed by atoms with Crippen molar-refractivity contribution in [3.8, 4) is 0 Å². The van der Waals surface area contributed by atoms with Crippen LogP contribution in [0.4, 0.5) is 5.69 Å². The van der Waals surface area contributed by atoms with Crippen molar-refractivity contribution in [3.63, 3.8) is 0 Å². The molecule has 0 spiro atoms. The molecule has 1 aliphatic heterocycles. The van der Waals surface area contributed by atoms with Crippen LogP contribution in [0.2, 0.25) is 10.2 Å². The number of aromatic nitrogens is 1. The van der Waals surface area contributed by atoms with Crippen molar-refractivity contribution >= 4 is 40.5 Å². The zero-order valence-corrected chi connectivity index (χ0v) is 13.9. The van der Waals surface area contributed by atoms with Crippen molar-refractivity contribution in [1.29, 1.82) is 0 Å². The molecule has 2 heterocycles.